The highest BCUT2D eigenvalue weighted by Gasteiger charge is 2.14. The number of rotatable bonds is 9. The molecule has 2 unspecified atom stereocenters. The van der Waals surface area contributed by atoms with E-state index in [4.69, 9.17) is 4.99 Å². The van der Waals surface area contributed by atoms with Crippen molar-refractivity contribution >= 4 is 41.5 Å². The van der Waals surface area contributed by atoms with Gasteiger partial charge in [-0.05, 0) is 75.4 Å². The van der Waals surface area contributed by atoms with Crippen LogP contribution in [0.25, 0.3) is 0 Å². The summed E-state index contributed by atoms with van der Waals surface area (Å²) in [6.07, 6.45) is 3.47. The zero-order valence-corrected chi connectivity index (χ0v) is 23.3. The number of guanidine groups is 1. The molecule has 2 aromatic carbocycles. The maximum Gasteiger partial charge on any atom is 0.251 e. The van der Waals surface area contributed by atoms with Gasteiger partial charge in [0.1, 0.15) is 0 Å². The van der Waals surface area contributed by atoms with E-state index in [1.807, 2.05) is 31.2 Å². The van der Waals surface area contributed by atoms with Crippen LogP contribution >= 0.6 is 24.0 Å². The monoisotopic (exact) mass is 577 g/mol. The number of hydrogen-bond acceptors (Lipinski definition) is 3. The van der Waals surface area contributed by atoms with E-state index < -0.39 is 0 Å². The Kier molecular flexibility index (Phi) is 11.7. The van der Waals surface area contributed by atoms with Crippen molar-refractivity contribution in [3.8, 4) is 0 Å². The summed E-state index contributed by atoms with van der Waals surface area (Å²) in [7, 11) is 0. The molecular formula is C27H40IN5O. The average Bonchev–Trinajstić information content (AvgIpc) is 3.38. The van der Waals surface area contributed by atoms with Gasteiger partial charge in [0, 0.05) is 36.9 Å². The molecule has 0 aromatic heterocycles. The Labute approximate surface area is 222 Å². The van der Waals surface area contributed by atoms with Crippen molar-refractivity contribution in [2.45, 2.75) is 65.6 Å². The summed E-state index contributed by atoms with van der Waals surface area (Å²) in [4.78, 5) is 19.5. The van der Waals surface area contributed by atoms with Gasteiger partial charge in [0.2, 0.25) is 0 Å². The number of nitrogens with zero attached hydrogens (tertiary/aromatic N) is 2. The van der Waals surface area contributed by atoms with Gasteiger partial charge in [-0.15, -0.1) is 24.0 Å². The number of hydrogen-bond donors (Lipinski definition) is 3. The van der Waals surface area contributed by atoms with Gasteiger partial charge in [0.05, 0.1) is 12.6 Å². The van der Waals surface area contributed by atoms with Crippen LogP contribution in [0.3, 0.4) is 0 Å². The normalized spacial score (nSPS) is 15.3. The topological polar surface area (TPSA) is 68.8 Å². The van der Waals surface area contributed by atoms with Gasteiger partial charge < -0.3 is 20.9 Å². The summed E-state index contributed by atoms with van der Waals surface area (Å²) in [6.45, 7) is 11.9. The molecule has 186 valence electrons. The first kappa shape index (κ1) is 28.0. The fourth-order valence-corrected chi connectivity index (χ4v) is 3.92. The molecule has 1 heterocycles. The fourth-order valence-electron chi connectivity index (χ4n) is 3.92. The minimum absolute atomic E-state index is 0. The summed E-state index contributed by atoms with van der Waals surface area (Å²) < 4.78 is 0. The number of anilines is 1. The molecule has 1 saturated heterocycles. The van der Waals surface area contributed by atoms with Crippen LogP contribution in [0.4, 0.5) is 5.69 Å². The lowest BCUT2D eigenvalue weighted by Crippen LogP contribution is -2.38. The predicted molar refractivity (Wildman–Crippen MR) is 153 cm³/mol. The smallest absolute Gasteiger partial charge is 0.251 e. The molecule has 2 aromatic rings. The molecule has 0 bridgehead atoms. The maximum absolute atomic E-state index is 12.3. The summed E-state index contributed by atoms with van der Waals surface area (Å²) in [5, 5.41) is 9.88. The molecule has 3 rings (SSSR count). The van der Waals surface area contributed by atoms with E-state index in [1.54, 1.807) is 0 Å². The van der Waals surface area contributed by atoms with Gasteiger partial charge in [0.15, 0.2) is 5.96 Å². The molecule has 1 aliphatic rings. The lowest BCUT2D eigenvalue weighted by atomic mass is 10.1. The molecule has 0 aliphatic carbocycles. The third-order valence-corrected chi connectivity index (χ3v) is 6.16. The van der Waals surface area contributed by atoms with E-state index in [9.17, 15) is 4.79 Å². The molecular weight excluding hydrogens is 537 g/mol. The standard InChI is InChI=1S/C27H39N5O.HI/c1-5-20(3)30-26(33)23-14-12-22(13-15-23)19-29-27(28-6-2)31-21(4)24-10-9-11-25(18-24)32-16-7-8-17-32;/h9-15,18,20-21H,5-8,16-17,19H2,1-4H3,(H,30,33)(H2,28,29,31);1H. The number of amides is 1. The van der Waals surface area contributed by atoms with Gasteiger partial charge in [-0.25, -0.2) is 4.99 Å². The van der Waals surface area contributed by atoms with Crippen molar-refractivity contribution in [3.63, 3.8) is 0 Å². The Bertz CT molecular complexity index is 925. The summed E-state index contributed by atoms with van der Waals surface area (Å²) >= 11 is 0. The van der Waals surface area contributed by atoms with Crippen molar-refractivity contribution in [2.24, 2.45) is 4.99 Å². The van der Waals surface area contributed by atoms with Gasteiger partial charge >= 0.3 is 0 Å². The summed E-state index contributed by atoms with van der Waals surface area (Å²) in [5.41, 5.74) is 4.30. The van der Waals surface area contributed by atoms with Crippen molar-refractivity contribution in [1.29, 1.82) is 0 Å². The van der Waals surface area contributed by atoms with Crippen LogP contribution in [0.15, 0.2) is 53.5 Å². The minimum Gasteiger partial charge on any atom is -0.372 e. The second kappa shape index (κ2) is 14.2. The summed E-state index contributed by atoms with van der Waals surface area (Å²) in [5.74, 6) is 0.759. The second-order valence-corrected chi connectivity index (χ2v) is 8.83. The zero-order valence-electron chi connectivity index (χ0n) is 20.9. The van der Waals surface area contributed by atoms with Crippen LogP contribution in [-0.4, -0.2) is 37.5 Å². The number of carbonyl (C=O) groups excluding carboxylic acids is 1. The highest BCUT2D eigenvalue weighted by Crippen LogP contribution is 2.24. The number of nitrogens with one attached hydrogen (secondary N) is 3. The summed E-state index contributed by atoms with van der Waals surface area (Å²) in [6, 6.07) is 16.8. The third-order valence-electron chi connectivity index (χ3n) is 6.16. The van der Waals surface area contributed by atoms with Crippen LogP contribution < -0.4 is 20.9 Å². The molecule has 0 spiro atoms. The Balaban J connectivity index is 0.00000408. The molecule has 1 fully saturated rings. The first-order valence-electron chi connectivity index (χ1n) is 12.3. The Morgan fingerprint density at radius 2 is 1.74 bits per heavy atom. The number of aliphatic imine (C=N–C) groups is 1. The molecule has 6 nitrogen and oxygen atoms in total. The number of benzene rings is 2. The van der Waals surface area contributed by atoms with Gasteiger partial charge in [-0.2, -0.15) is 0 Å². The Morgan fingerprint density at radius 1 is 1.03 bits per heavy atom. The molecule has 7 heteroatoms. The largest absolute Gasteiger partial charge is 0.372 e. The van der Waals surface area contributed by atoms with E-state index in [-0.39, 0.29) is 42.0 Å². The highest BCUT2D eigenvalue weighted by atomic mass is 127. The number of halogens is 1. The molecule has 1 amide bonds. The van der Waals surface area contributed by atoms with E-state index in [0.717, 1.165) is 37.6 Å². The van der Waals surface area contributed by atoms with Gasteiger partial charge in [-0.1, -0.05) is 31.2 Å². The first-order chi connectivity index (χ1) is 16.0. The molecule has 0 saturated carbocycles. The predicted octanol–water partition coefficient (Wildman–Crippen LogP) is 5.25. The quantitative estimate of drug-likeness (QED) is 0.217. The molecule has 0 radical (unpaired) electrons. The van der Waals surface area contributed by atoms with Crippen LogP contribution in [0.2, 0.25) is 0 Å². The van der Waals surface area contributed by atoms with Gasteiger partial charge in [0.25, 0.3) is 5.91 Å². The van der Waals surface area contributed by atoms with Crippen LogP contribution in [0.1, 0.15) is 74.5 Å². The zero-order chi connectivity index (χ0) is 23.6. The average molecular weight is 578 g/mol. The number of carbonyl (C=O) groups is 1. The van der Waals surface area contributed by atoms with E-state index in [1.165, 1.54) is 24.1 Å². The molecule has 34 heavy (non-hydrogen) atoms. The maximum atomic E-state index is 12.3. The van der Waals surface area contributed by atoms with Crippen LogP contribution in [-0.2, 0) is 6.54 Å². The highest BCUT2D eigenvalue weighted by molar-refractivity contribution is 14.0. The molecule has 3 N–H and O–H groups in total. The van der Waals surface area contributed by atoms with Crippen LogP contribution in [0.5, 0.6) is 0 Å². The third kappa shape index (κ3) is 8.18. The Morgan fingerprint density at radius 3 is 2.38 bits per heavy atom. The first-order valence-corrected chi connectivity index (χ1v) is 12.3. The minimum atomic E-state index is -0.0283. The van der Waals surface area contributed by atoms with Crippen molar-refractivity contribution in [2.75, 3.05) is 24.5 Å². The Hall–Kier alpha value is -2.29. The van der Waals surface area contributed by atoms with E-state index in [0.29, 0.717) is 12.1 Å². The van der Waals surface area contributed by atoms with Crippen molar-refractivity contribution in [3.05, 3.63) is 65.2 Å². The van der Waals surface area contributed by atoms with Crippen molar-refractivity contribution < 1.29 is 4.79 Å². The lowest BCUT2D eigenvalue weighted by Gasteiger charge is -2.22. The molecule has 2 atom stereocenters. The fraction of sp³-hybridized carbons (Fsp3) is 0.481. The van der Waals surface area contributed by atoms with Crippen molar-refractivity contribution in [1.82, 2.24) is 16.0 Å². The van der Waals surface area contributed by atoms with Crippen LogP contribution in [0, 0.1) is 0 Å². The SMILES string of the molecule is CCNC(=NCc1ccc(C(=O)NC(C)CC)cc1)NC(C)c1cccc(N2CCCC2)c1.I. The lowest BCUT2D eigenvalue weighted by molar-refractivity contribution is 0.0939. The van der Waals surface area contributed by atoms with E-state index in [2.05, 4.69) is 65.9 Å². The second-order valence-electron chi connectivity index (χ2n) is 8.83. The van der Waals surface area contributed by atoms with Gasteiger partial charge in [-0.3, -0.25) is 4.79 Å². The molecule has 1 aliphatic heterocycles. The van der Waals surface area contributed by atoms with E-state index >= 15 is 0 Å².